The standard InChI is InChI=1S/C13H12Br2O4S2/c14-9-3-1-7(20-9)13(8-2-4-10(15)21-8)12(18)11(17)6(5-16)19-13/h1-4,6,11-12,16-18H,5H2/t6-,11-,12-/m1/s1. The highest BCUT2D eigenvalue weighted by atomic mass is 79.9. The van der Waals surface area contributed by atoms with Gasteiger partial charge >= 0.3 is 0 Å². The lowest BCUT2D eigenvalue weighted by molar-refractivity contribution is -0.0668. The van der Waals surface area contributed by atoms with Gasteiger partial charge in [-0.3, -0.25) is 0 Å². The highest BCUT2D eigenvalue weighted by Crippen LogP contribution is 2.50. The van der Waals surface area contributed by atoms with Gasteiger partial charge in [-0.2, -0.15) is 0 Å². The van der Waals surface area contributed by atoms with E-state index in [1.807, 2.05) is 24.3 Å². The lowest BCUT2D eigenvalue weighted by Gasteiger charge is -2.30. The van der Waals surface area contributed by atoms with Gasteiger partial charge < -0.3 is 20.1 Å². The normalized spacial score (nSPS) is 28.1. The summed E-state index contributed by atoms with van der Waals surface area (Å²) in [5, 5.41) is 30.2. The van der Waals surface area contributed by atoms with Gasteiger partial charge in [0.1, 0.15) is 18.3 Å². The van der Waals surface area contributed by atoms with Crippen LogP contribution in [0, 0.1) is 0 Å². The summed E-state index contributed by atoms with van der Waals surface area (Å²) in [6.07, 6.45) is -3.11. The molecule has 0 aromatic carbocycles. The maximum atomic E-state index is 10.6. The molecule has 8 heteroatoms. The van der Waals surface area contributed by atoms with E-state index in [0.717, 1.165) is 17.3 Å². The van der Waals surface area contributed by atoms with Crippen molar-refractivity contribution in [2.24, 2.45) is 0 Å². The summed E-state index contributed by atoms with van der Waals surface area (Å²) in [6.45, 7) is -0.348. The molecule has 114 valence electrons. The van der Waals surface area contributed by atoms with Gasteiger partial charge in [0.05, 0.1) is 14.2 Å². The van der Waals surface area contributed by atoms with E-state index in [4.69, 9.17) is 4.74 Å². The molecule has 21 heavy (non-hydrogen) atoms. The van der Waals surface area contributed by atoms with Crippen LogP contribution < -0.4 is 0 Å². The van der Waals surface area contributed by atoms with Crippen LogP contribution in [-0.4, -0.2) is 40.2 Å². The van der Waals surface area contributed by atoms with Gasteiger partial charge in [-0.05, 0) is 56.1 Å². The Bertz CT molecular complexity index is 601. The minimum absolute atomic E-state index is 0.348. The first-order chi connectivity index (χ1) is 9.99. The van der Waals surface area contributed by atoms with Crippen molar-refractivity contribution < 1.29 is 20.1 Å². The van der Waals surface area contributed by atoms with Crippen molar-refractivity contribution in [3.8, 4) is 0 Å². The van der Waals surface area contributed by atoms with Gasteiger partial charge in [0, 0.05) is 9.75 Å². The molecule has 0 radical (unpaired) electrons. The molecule has 0 saturated carbocycles. The van der Waals surface area contributed by atoms with E-state index in [9.17, 15) is 15.3 Å². The average Bonchev–Trinajstić information content (AvgIpc) is 3.13. The second kappa shape index (κ2) is 6.01. The van der Waals surface area contributed by atoms with Crippen LogP contribution in [0.5, 0.6) is 0 Å². The van der Waals surface area contributed by atoms with Crippen molar-refractivity contribution in [1.82, 2.24) is 0 Å². The molecule has 4 nitrogen and oxygen atoms in total. The third-order valence-corrected chi connectivity index (χ3v) is 7.00. The highest BCUT2D eigenvalue weighted by Gasteiger charge is 2.57. The lowest BCUT2D eigenvalue weighted by Crippen LogP contribution is -2.40. The van der Waals surface area contributed by atoms with Crippen LogP contribution in [0.1, 0.15) is 9.75 Å². The minimum Gasteiger partial charge on any atom is -0.394 e. The molecule has 1 aliphatic heterocycles. The molecule has 2 aromatic heterocycles. The summed E-state index contributed by atoms with van der Waals surface area (Å²) in [6, 6.07) is 7.47. The van der Waals surface area contributed by atoms with E-state index in [-0.39, 0.29) is 6.61 Å². The number of rotatable bonds is 3. The van der Waals surface area contributed by atoms with E-state index in [0.29, 0.717) is 0 Å². The van der Waals surface area contributed by atoms with Crippen LogP contribution in [0.15, 0.2) is 31.8 Å². The Balaban J connectivity index is 2.16. The molecule has 0 unspecified atom stereocenters. The maximum Gasteiger partial charge on any atom is 0.165 e. The number of aliphatic hydroxyl groups is 3. The van der Waals surface area contributed by atoms with Crippen molar-refractivity contribution in [3.63, 3.8) is 0 Å². The van der Waals surface area contributed by atoms with Gasteiger partial charge in [0.2, 0.25) is 0 Å². The molecule has 3 rings (SSSR count). The number of halogens is 2. The second-order valence-electron chi connectivity index (χ2n) is 4.72. The van der Waals surface area contributed by atoms with Crippen LogP contribution in [0.2, 0.25) is 0 Å². The molecule has 3 N–H and O–H groups in total. The molecule has 0 spiro atoms. The van der Waals surface area contributed by atoms with Crippen LogP contribution in [0.4, 0.5) is 0 Å². The zero-order valence-corrected chi connectivity index (χ0v) is 15.4. The Morgan fingerprint density at radius 3 is 1.90 bits per heavy atom. The lowest BCUT2D eigenvalue weighted by atomic mass is 9.91. The first-order valence-corrected chi connectivity index (χ1v) is 9.37. The SMILES string of the molecule is OC[C@H]1OC(c2ccc(Br)s2)(c2ccc(Br)s2)[C@H](O)[C@@H]1O. The predicted molar refractivity (Wildman–Crippen MR) is 88.8 cm³/mol. The minimum atomic E-state index is -1.15. The van der Waals surface area contributed by atoms with Crippen molar-refractivity contribution in [2.75, 3.05) is 6.61 Å². The fraction of sp³-hybridized carbons (Fsp3) is 0.385. The molecule has 0 bridgehead atoms. The maximum absolute atomic E-state index is 10.6. The van der Waals surface area contributed by atoms with Gasteiger partial charge in [-0.25, -0.2) is 0 Å². The Labute approximate surface area is 146 Å². The van der Waals surface area contributed by atoms with Crippen molar-refractivity contribution >= 4 is 54.5 Å². The summed E-state index contributed by atoms with van der Waals surface area (Å²) in [5.41, 5.74) is -1.15. The Morgan fingerprint density at radius 2 is 1.57 bits per heavy atom. The molecule has 1 saturated heterocycles. The number of thiophene rings is 2. The topological polar surface area (TPSA) is 69.9 Å². The third-order valence-electron chi connectivity index (χ3n) is 3.52. The van der Waals surface area contributed by atoms with E-state index in [1.165, 1.54) is 22.7 Å². The molecule has 3 atom stereocenters. The zero-order valence-electron chi connectivity index (χ0n) is 10.6. The fourth-order valence-electron chi connectivity index (χ4n) is 2.52. The molecule has 2 aromatic rings. The average molecular weight is 456 g/mol. The largest absolute Gasteiger partial charge is 0.394 e. The molecule has 0 aliphatic carbocycles. The molecule has 1 aliphatic rings. The first kappa shape index (κ1) is 16.1. The third kappa shape index (κ3) is 2.55. The molecule has 3 heterocycles. The van der Waals surface area contributed by atoms with Gasteiger partial charge in [0.15, 0.2) is 5.60 Å². The number of hydrogen-bond acceptors (Lipinski definition) is 6. The Kier molecular flexibility index (Phi) is 4.60. The fourth-order valence-corrected chi connectivity index (χ4v) is 5.72. The van der Waals surface area contributed by atoms with Crippen LogP contribution in [0.25, 0.3) is 0 Å². The first-order valence-electron chi connectivity index (χ1n) is 6.15. The molecular weight excluding hydrogens is 444 g/mol. The van der Waals surface area contributed by atoms with Gasteiger partial charge in [0.25, 0.3) is 0 Å². The summed E-state index contributed by atoms with van der Waals surface area (Å²) in [4.78, 5) is 1.57. The van der Waals surface area contributed by atoms with Crippen molar-refractivity contribution in [3.05, 3.63) is 41.6 Å². The van der Waals surface area contributed by atoms with Crippen molar-refractivity contribution in [2.45, 2.75) is 23.9 Å². The number of hydrogen-bond donors (Lipinski definition) is 3. The Hall–Kier alpha value is 0.200. The molecular formula is C13H12Br2O4S2. The summed E-state index contributed by atoms with van der Waals surface area (Å²) < 4.78 is 7.77. The van der Waals surface area contributed by atoms with Crippen LogP contribution >= 0.6 is 54.5 Å². The Morgan fingerprint density at radius 1 is 1.05 bits per heavy atom. The van der Waals surface area contributed by atoms with Crippen molar-refractivity contribution in [1.29, 1.82) is 0 Å². The van der Waals surface area contributed by atoms with Crippen LogP contribution in [0.3, 0.4) is 0 Å². The number of aliphatic hydroxyl groups excluding tert-OH is 3. The van der Waals surface area contributed by atoms with E-state index < -0.39 is 23.9 Å². The molecule has 0 amide bonds. The molecule has 1 fully saturated rings. The quantitative estimate of drug-likeness (QED) is 0.665. The van der Waals surface area contributed by atoms with Crippen LogP contribution in [-0.2, 0) is 10.3 Å². The zero-order chi connectivity index (χ0) is 15.2. The number of ether oxygens (including phenoxy) is 1. The van der Waals surface area contributed by atoms with E-state index >= 15 is 0 Å². The van der Waals surface area contributed by atoms with Gasteiger partial charge in [-0.1, -0.05) is 0 Å². The monoisotopic (exact) mass is 454 g/mol. The van der Waals surface area contributed by atoms with E-state index in [2.05, 4.69) is 31.9 Å². The smallest absolute Gasteiger partial charge is 0.165 e. The summed E-state index contributed by atoms with van der Waals surface area (Å²) in [7, 11) is 0. The summed E-state index contributed by atoms with van der Waals surface area (Å²) >= 11 is 9.70. The summed E-state index contributed by atoms with van der Waals surface area (Å²) in [5.74, 6) is 0. The second-order valence-corrected chi connectivity index (χ2v) is 9.64. The van der Waals surface area contributed by atoms with Gasteiger partial charge in [-0.15, -0.1) is 22.7 Å². The predicted octanol–water partition coefficient (Wildman–Crippen LogP) is 2.69. The highest BCUT2D eigenvalue weighted by molar-refractivity contribution is 9.11. The van der Waals surface area contributed by atoms with E-state index in [1.54, 1.807) is 0 Å².